The fourth-order valence-corrected chi connectivity index (χ4v) is 2.99. The third-order valence-corrected chi connectivity index (χ3v) is 3.95. The summed E-state index contributed by atoms with van der Waals surface area (Å²) in [6, 6.07) is 9.25. The molecule has 1 saturated heterocycles. The van der Waals surface area contributed by atoms with Gasteiger partial charge in [-0.3, -0.25) is 4.90 Å². The molecule has 1 aliphatic heterocycles. The van der Waals surface area contributed by atoms with Gasteiger partial charge in [0.1, 0.15) is 5.75 Å². The van der Waals surface area contributed by atoms with Crippen molar-refractivity contribution < 1.29 is 4.74 Å². The second-order valence-electron chi connectivity index (χ2n) is 6.20. The standard InChI is InChI=1S/C17H28N2O.ClH/c1-13(2)20-16-9-7-15(8-10-16)12-19-11-5-4-6-17(19)14(3)18;/h7-10,13-14,17H,4-6,11-12,18H2,1-3H3;1H. The fraction of sp³-hybridized carbons (Fsp3) is 0.647. The Bertz CT molecular complexity index is 406. The lowest BCUT2D eigenvalue weighted by molar-refractivity contribution is 0.123. The third kappa shape index (κ3) is 5.50. The predicted octanol–water partition coefficient (Wildman–Crippen LogP) is 3.60. The van der Waals surface area contributed by atoms with Crippen LogP contribution in [0.5, 0.6) is 5.75 Å². The molecule has 0 aliphatic carbocycles. The van der Waals surface area contributed by atoms with E-state index in [-0.39, 0.29) is 24.6 Å². The number of nitrogens with zero attached hydrogens (tertiary/aromatic N) is 1. The van der Waals surface area contributed by atoms with E-state index in [0.717, 1.165) is 18.8 Å². The first-order valence-corrected chi connectivity index (χ1v) is 7.81. The third-order valence-electron chi connectivity index (χ3n) is 3.95. The zero-order valence-electron chi connectivity index (χ0n) is 13.4. The largest absolute Gasteiger partial charge is 0.491 e. The zero-order chi connectivity index (χ0) is 14.5. The quantitative estimate of drug-likeness (QED) is 0.903. The first-order chi connectivity index (χ1) is 9.56. The Morgan fingerprint density at radius 2 is 1.86 bits per heavy atom. The van der Waals surface area contributed by atoms with E-state index in [4.69, 9.17) is 10.5 Å². The fourth-order valence-electron chi connectivity index (χ4n) is 2.99. The Morgan fingerprint density at radius 1 is 1.19 bits per heavy atom. The minimum atomic E-state index is 0. The van der Waals surface area contributed by atoms with E-state index in [1.54, 1.807) is 0 Å². The predicted molar refractivity (Wildman–Crippen MR) is 91.2 cm³/mol. The minimum absolute atomic E-state index is 0. The van der Waals surface area contributed by atoms with Crippen LogP contribution in [0.4, 0.5) is 0 Å². The van der Waals surface area contributed by atoms with Gasteiger partial charge in [0.05, 0.1) is 6.10 Å². The van der Waals surface area contributed by atoms with Crippen LogP contribution in [0.3, 0.4) is 0 Å². The summed E-state index contributed by atoms with van der Waals surface area (Å²) < 4.78 is 5.68. The number of nitrogens with two attached hydrogens (primary N) is 1. The highest BCUT2D eigenvalue weighted by molar-refractivity contribution is 5.85. The molecule has 2 atom stereocenters. The molecular weight excluding hydrogens is 284 g/mol. The molecule has 0 amide bonds. The van der Waals surface area contributed by atoms with E-state index in [2.05, 4.69) is 49.9 Å². The van der Waals surface area contributed by atoms with E-state index in [9.17, 15) is 0 Å². The molecule has 3 nitrogen and oxygen atoms in total. The number of hydrogen-bond acceptors (Lipinski definition) is 3. The van der Waals surface area contributed by atoms with Crippen molar-refractivity contribution in [2.75, 3.05) is 6.54 Å². The molecule has 2 N–H and O–H groups in total. The van der Waals surface area contributed by atoms with Crippen molar-refractivity contribution in [3.63, 3.8) is 0 Å². The Morgan fingerprint density at radius 3 is 2.43 bits per heavy atom. The van der Waals surface area contributed by atoms with Crippen LogP contribution in [-0.2, 0) is 6.54 Å². The molecule has 0 bridgehead atoms. The number of ether oxygens (including phenoxy) is 1. The lowest BCUT2D eigenvalue weighted by Gasteiger charge is -2.38. The maximum atomic E-state index is 6.13. The summed E-state index contributed by atoms with van der Waals surface area (Å²) in [6.45, 7) is 8.39. The van der Waals surface area contributed by atoms with Gasteiger partial charge < -0.3 is 10.5 Å². The van der Waals surface area contributed by atoms with Gasteiger partial charge in [-0.1, -0.05) is 18.6 Å². The highest BCUT2D eigenvalue weighted by atomic mass is 35.5. The summed E-state index contributed by atoms with van der Waals surface area (Å²) in [6.07, 6.45) is 4.05. The SMILES string of the molecule is CC(C)Oc1ccc(CN2CCCCC2C(C)N)cc1.Cl. The summed E-state index contributed by atoms with van der Waals surface area (Å²) in [5.74, 6) is 0.950. The number of benzene rings is 1. The zero-order valence-corrected chi connectivity index (χ0v) is 14.2. The average molecular weight is 313 g/mol. The average Bonchev–Trinajstić information content (AvgIpc) is 2.41. The maximum Gasteiger partial charge on any atom is 0.119 e. The van der Waals surface area contributed by atoms with Crippen molar-refractivity contribution in [3.8, 4) is 5.75 Å². The molecule has 2 rings (SSSR count). The minimum Gasteiger partial charge on any atom is -0.491 e. The molecule has 0 saturated carbocycles. The van der Waals surface area contributed by atoms with Crippen LogP contribution in [0.2, 0.25) is 0 Å². The first-order valence-electron chi connectivity index (χ1n) is 7.81. The second kappa shape index (κ2) is 8.62. The van der Waals surface area contributed by atoms with Crippen LogP contribution >= 0.6 is 12.4 Å². The molecule has 120 valence electrons. The molecule has 1 heterocycles. The van der Waals surface area contributed by atoms with Crippen molar-refractivity contribution in [3.05, 3.63) is 29.8 Å². The van der Waals surface area contributed by atoms with E-state index in [1.165, 1.54) is 24.8 Å². The van der Waals surface area contributed by atoms with Gasteiger partial charge in [0.2, 0.25) is 0 Å². The Labute approximate surface area is 135 Å². The normalized spacial score (nSPS) is 20.9. The van der Waals surface area contributed by atoms with Crippen molar-refractivity contribution >= 4 is 12.4 Å². The van der Waals surface area contributed by atoms with E-state index in [0.29, 0.717) is 6.04 Å². The Kier molecular flexibility index (Phi) is 7.50. The van der Waals surface area contributed by atoms with Crippen LogP contribution in [0.25, 0.3) is 0 Å². The number of rotatable bonds is 5. The molecule has 1 aromatic carbocycles. The summed E-state index contributed by atoms with van der Waals surface area (Å²) in [7, 11) is 0. The molecule has 0 radical (unpaired) electrons. The van der Waals surface area contributed by atoms with Crippen LogP contribution in [0, 0.1) is 0 Å². The lowest BCUT2D eigenvalue weighted by Crippen LogP contribution is -2.48. The van der Waals surface area contributed by atoms with Gasteiger partial charge in [-0.05, 0) is 57.9 Å². The smallest absolute Gasteiger partial charge is 0.119 e. The van der Waals surface area contributed by atoms with Gasteiger partial charge in [-0.15, -0.1) is 12.4 Å². The lowest BCUT2D eigenvalue weighted by atomic mass is 9.96. The van der Waals surface area contributed by atoms with Gasteiger partial charge in [0, 0.05) is 18.6 Å². The Hall–Kier alpha value is -0.770. The molecule has 0 aromatic heterocycles. The number of likely N-dealkylation sites (tertiary alicyclic amines) is 1. The van der Waals surface area contributed by atoms with E-state index >= 15 is 0 Å². The molecule has 1 aromatic rings. The summed E-state index contributed by atoms with van der Waals surface area (Å²) in [4.78, 5) is 2.53. The van der Waals surface area contributed by atoms with E-state index in [1.807, 2.05) is 0 Å². The topological polar surface area (TPSA) is 38.5 Å². The monoisotopic (exact) mass is 312 g/mol. The van der Waals surface area contributed by atoms with Crippen molar-refractivity contribution in [1.82, 2.24) is 4.90 Å². The van der Waals surface area contributed by atoms with Gasteiger partial charge in [-0.25, -0.2) is 0 Å². The molecule has 1 aliphatic rings. The van der Waals surface area contributed by atoms with Gasteiger partial charge in [-0.2, -0.15) is 0 Å². The highest BCUT2D eigenvalue weighted by Crippen LogP contribution is 2.22. The van der Waals surface area contributed by atoms with Gasteiger partial charge in [0.25, 0.3) is 0 Å². The van der Waals surface area contributed by atoms with Gasteiger partial charge >= 0.3 is 0 Å². The number of piperidine rings is 1. The molecule has 2 unspecified atom stereocenters. The first kappa shape index (κ1) is 18.3. The van der Waals surface area contributed by atoms with Crippen molar-refractivity contribution in [1.29, 1.82) is 0 Å². The second-order valence-corrected chi connectivity index (χ2v) is 6.20. The van der Waals surface area contributed by atoms with Gasteiger partial charge in [0.15, 0.2) is 0 Å². The number of halogens is 1. The summed E-state index contributed by atoms with van der Waals surface area (Å²) in [5.41, 5.74) is 7.47. The summed E-state index contributed by atoms with van der Waals surface area (Å²) >= 11 is 0. The maximum absolute atomic E-state index is 6.13. The van der Waals surface area contributed by atoms with Crippen LogP contribution in [0.15, 0.2) is 24.3 Å². The molecule has 4 heteroatoms. The molecule has 21 heavy (non-hydrogen) atoms. The Balaban J connectivity index is 0.00000220. The van der Waals surface area contributed by atoms with Crippen molar-refractivity contribution in [2.24, 2.45) is 5.73 Å². The van der Waals surface area contributed by atoms with E-state index < -0.39 is 0 Å². The van der Waals surface area contributed by atoms with Crippen LogP contribution in [-0.4, -0.2) is 29.6 Å². The van der Waals surface area contributed by atoms with Crippen LogP contribution < -0.4 is 10.5 Å². The summed E-state index contributed by atoms with van der Waals surface area (Å²) in [5, 5.41) is 0. The van der Waals surface area contributed by atoms with Crippen LogP contribution in [0.1, 0.15) is 45.6 Å². The van der Waals surface area contributed by atoms with Crippen molar-refractivity contribution in [2.45, 2.75) is 64.8 Å². The highest BCUT2D eigenvalue weighted by Gasteiger charge is 2.25. The molecule has 1 fully saturated rings. The molecule has 0 spiro atoms. The number of hydrogen-bond donors (Lipinski definition) is 1. The molecular formula is C17H29ClN2O.